The summed E-state index contributed by atoms with van der Waals surface area (Å²) >= 11 is 0. The average molecular weight is 359 g/mol. The number of allylic oxidation sites excluding steroid dienone is 1. The van der Waals surface area contributed by atoms with Gasteiger partial charge in [-0.1, -0.05) is 12.1 Å². The maximum atomic E-state index is 13.0. The van der Waals surface area contributed by atoms with E-state index in [1.54, 1.807) is 30.3 Å². The number of nitriles is 1. The Bertz CT molecular complexity index is 1040. The topological polar surface area (TPSA) is 95.2 Å². The average Bonchev–Trinajstić information content (AvgIpc) is 2.66. The summed E-state index contributed by atoms with van der Waals surface area (Å²) in [5.74, 6) is -2.02. The highest BCUT2D eigenvalue weighted by atomic mass is 16.3. The summed E-state index contributed by atoms with van der Waals surface area (Å²) < 4.78 is 0. The van der Waals surface area contributed by atoms with E-state index in [0.717, 1.165) is 5.56 Å². The second kappa shape index (κ2) is 7.00. The van der Waals surface area contributed by atoms with Crippen molar-refractivity contribution in [2.45, 2.75) is 20.3 Å². The number of carbonyl (C=O) groups excluding carboxylic acids is 3. The van der Waals surface area contributed by atoms with Gasteiger partial charge in [0, 0.05) is 11.1 Å². The van der Waals surface area contributed by atoms with Crippen LogP contribution in [-0.4, -0.2) is 22.5 Å². The van der Waals surface area contributed by atoms with E-state index in [1.807, 2.05) is 6.07 Å². The molecule has 0 aliphatic heterocycles. The van der Waals surface area contributed by atoms with Crippen molar-refractivity contribution in [3.05, 3.63) is 70.3 Å². The highest BCUT2D eigenvalue weighted by molar-refractivity contribution is 6.33. The Labute approximate surface area is 156 Å². The van der Waals surface area contributed by atoms with Crippen molar-refractivity contribution in [1.82, 2.24) is 0 Å². The lowest BCUT2D eigenvalue weighted by molar-refractivity contribution is -0.128. The second-order valence-corrected chi connectivity index (χ2v) is 6.57. The first-order chi connectivity index (χ1) is 12.8. The van der Waals surface area contributed by atoms with Gasteiger partial charge in [0.05, 0.1) is 23.1 Å². The molecule has 0 saturated carbocycles. The summed E-state index contributed by atoms with van der Waals surface area (Å²) in [6, 6.07) is 13.1. The van der Waals surface area contributed by atoms with Crippen LogP contribution >= 0.6 is 0 Å². The number of aliphatic hydroxyl groups excluding tert-OH is 1. The summed E-state index contributed by atoms with van der Waals surface area (Å²) in [5, 5.41) is 19.8. The van der Waals surface area contributed by atoms with Gasteiger partial charge >= 0.3 is 0 Å². The van der Waals surface area contributed by atoms with Gasteiger partial charge in [0.2, 0.25) is 0 Å². The molecular weight excluding hydrogens is 342 g/mol. The molecule has 0 heterocycles. The van der Waals surface area contributed by atoms with Crippen molar-refractivity contribution in [1.29, 1.82) is 5.26 Å². The van der Waals surface area contributed by atoms with E-state index in [-0.39, 0.29) is 29.3 Å². The Morgan fingerprint density at radius 3 is 2.26 bits per heavy atom. The molecule has 3 rings (SSSR count). The van der Waals surface area contributed by atoms with E-state index in [0.29, 0.717) is 22.3 Å². The first kappa shape index (κ1) is 18.3. The number of Topliss-reactive ketones (excluding diaryl/α,β-unsaturated/α-hetero) is 3. The molecule has 0 aromatic heterocycles. The van der Waals surface area contributed by atoms with Gasteiger partial charge in [-0.25, -0.2) is 0 Å². The number of hydrogen-bond donors (Lipinski definition) is 1. The minimum Gasteiger partial charge on any atom is -0.507 e. The van der Waals surface area contributed by atoms with Crippen LogP contribution in [0.25, 0.3) is 11.3 Å². The van der Waals surface area contributed by atoms with Crippen LogP contribution in [0.15, 0.2) is 42.5 Å². The third kappa shape index (κ3) is 3.30. The van der Waals surface area contributed by atoms with Crippen LogP contribution in [0.1, 0.15) is 46.5 Å². The Kier molecular flexibility index (Phi) is 4.74. The van der Waals surface area contributed by atoms with Crippen LogP contribution < -0.4 is 0 Å². The minimum atomic E-state index is -0.865. The number of aliphatic hydroxyl groups is 1. The molecule has 0 amide bonds. The molecule has 2 aromatic rings. The van der Waals surface area contributed by atoms with Crippen LogP contribution in [0.4, 0.5) is 0 Å². The zero-order valence-corrected chi connectivity index (χ0v) is 14.9. The molecule has 1 unspecified atom stereocenters. The van der Waals surface area contributed by atoms with Gasteiger partial charge in [-0.2, -0.15) is 5.26 Å². The molecule has 27 heavy (non-hydrogen) atoms. The van der Waals surface area contributed by atoms with Crippen LogP contribution in [0.2, 0.25) is 0 Å². The van der Waals surface area contributed by atoms with E-state index < -0.39 is 11.7 Å². The SMILES string of the molecule is CC(=O)c1ccc2c(c1)/C(=C(/O)c1ccc(C#N)cc1)C(=O)C(C(C)=O)C2. The number of carbonyl (C=O) groups is 3. The maximum Gasteiger partial charge on any atom is 0.177 e. The number of fused-ring (bicyclic) bond motifs is 1. The largest absolute Gasteiger partial charge is 0.507 e. The molecule has 5 nitrogen and oxygen atoms in total. The van der Waals surface area contributed by atoms with Crippen molar-refractivity contribution in [3.8, 4) is 6.07 Å². The van der Waals surface area contributed by atoms with Crippen molar-refractivity contribution in [2.75, 3.05) is 0 Å². The predicted molar refractivity (Wildman–Crippen MR) is 99.9 cm³/mol. The molecule has 0 radical (unpaired) electrons. The summed E-state index contributed by atoms with van der Waals surface area (Å²) in [4.78, 5) is 36.7. The highest BCUT2D eigenvalue weighted by Gasteiger charge is 2.36. The molecule has 134 valence electrons. The quantitative estimate of drug-likeness (QED) is 0.391. The predicted octanol–water partition coefficient (Wildman–Crippen LogP) is 3.52. The number of rotatable bonds is 3. The summed E-state index contributed by atoms with van der Waals surface area (Å²) in [6.45, 7) is 2.78. The van der Waals surface area contributed by atoms with E-state index in [4.69, 9.17) is 5.26 Å². The normalized spacial score (nSPS) is 17.7. The van der Waals surface area contributed by atoms with Crippen LogP contribution in [0, 0.1) is 17.2 Å². The first-order valence-electron chi connectivity index (χ1n) is 8.46. The van der Waals surface area contributed by atoms with Gasteiger partial charge in [0.1, 0.15) is 11.5 Å². The van der Waals surface area contributed by atoms with Crippen molar-refractivity contribution in [3.63, 3.8) is 0 Å². The van der Waals surface area contributed by atoms with Crippen molar-refractivity contribution in [2.24, 2.45) is 5.92 Å². The van der Waals surface area contributed by atoms with Crippen molar-refractivity contribution < 1.29 is 19.5 Å². The van der Waals surface area contributed by atoms with E-state index in [2.05, 4.69) is 0 Å². The fraction of sp³-hybridized carbons (Fsp3) is 0.182. The lowest BCUT2D eigenvalue weighted by Gasteiger charge is -2.25. The molecule has 1 N–H and O–H groups in total. The first-order valence-corrected chi connectivity index (χ1v) is 8.46. The van der Waals surface area contributed by atoms with Crippen LogP contribution in [-0.2, 0) is 16.0 Å². The lowest BCUT2D eigenvalue weighted by atomic mass is 9.76. The van der Waals surface area contributed by atoms with Gasteiger partial charge in [0.25, 0.3) is 0 Å². The summed E-state index contributed by atoms with van der Waals surface area (Å²) in [7, 11) is 0. The molecule has 0 fully saturated rings. The molecule has 0 saturated heterocycles. The second-order valence-electron chi connectivity index (χ2n) is 6.57. The standard InChI is InChI=1S/C22H17NO4/c1-12(24)16-7-8-17-10-18(13(2)25)22(27)20(19(17)9-16)21(26)15-5-3-14(11-23)4-6-15/h3-9,18,26H,10H2,1-2H3/b21-20-. The number of nitrogens with zero attached hydrogens (tertiary/aromatic N) is 1. The monoisotopic (exact) mass is 359 g/mol. The smallest absolute Gasteiger partial charge is 0.177 e. The Morgan fingerprint density at radius 1 is 1.07 bits per heavy atom. The van der Waals surface area contributed by atoms with E-state index in [9.17, 15) is 19.5 Å². The molecule has 0 spiro atoms. The fourth-order valence-electron chi connectivity index (χ4n) is 3.25. The molecule has 1 atom stereocenters. The third-order valence-electron chi connectivity index (χ3n) is 4.79. The number of hydrogen-bond acceptors (Lipinski definition) is 5. The maximum absolute atomic E-state index is 13.0. The summed E-state index contributed by atoms with van der Waals surface area (Å²) in [5.41, 5.74) is 2.44. The van der Waals surface area contributed by atoms with E-state index >= 15 is 0 Å². The van der Waals surface area contributed by atoms with Crippen molar-refractivity contribution >= 4 is 28.7 Å². The summed E-state index contributed by atoms with van der Waals surface area (Å²) in [6.07, 6.45) is 0.242. The number of ketones is 3. The van der Waals surface area contributed by atoms with Gasteiger partial charge in [-0.3, -0.25) is 14.4 Å². The molecule has 1 aliphatic rings. The molecule has 5 heteroatoms. The highest BCUT2D eigenvalue weighted by Crippen LogP contribution is 2.37. The van der Waals surface area contributed by atoms with Crippen LogP contribution in [0.3, 0.4) is 0 Å². The third-order valence-corrected chi connectivity index (χ3v) is 4.79. The van der Waals surface area contributed by atoms with Gasteiger partial charge in [-0.15, -0.1) is 0 Å². The van der Waals surface area contributed by atoms with Gasteiger partial charge in [0.15, 0.2) is 11.6 Å². The fourth-order valence-corrected chi connectivity index (χ4v) is 3.25. The minimum absolute atomic E-state index is 0.0317. The zero-order valence-electron chi connectivity index (χ0n) is 14.9. The van der Waals surface area contributed by atoms with Gasteiger partial charge < -0.3 is 5.11 Å². The zero-order chi connectivity index (χ0) is 19.7. The molecular formula is C22H17NO4. The Balaban J connectivity index is 2.26. The molecule has 2 aromatic carbocycles. The number of benzene rings is 2. The van der Waals surface area contributed by atoms with Crippen LogP contribution in [0.5, 0.6) is 0 Å². The van der Waals surface area contributed by atoms with E-state index in [1.165, 1.54) is 26.0 Å². The molecule has 0 bridgehead atoms. The van der Waals surface area contributed by atoms with Gasteiger partial charge in [-0.05, 0) is 61.7 Å². The Hall–Kier alpha value is -3.52. The lowest BCUT2D eigenvalue weighted by Crippen LogP contribution is -2.30. The molecule has 1 aliphatic carbocycles. The Morgan fingerprint density at radius 2 is 1.70 bits per heavy atom.